The highest BCUT2D eigenvalue weighted by atomic mass is 16.4. The Balaban J connectivity index is -0.000000720. The van der Waals surface area contributed by atoms with Crippen LogP contribution in [0.2, 0.25) is 0 Å². The van der Waals surface area contributed by atoms with E-state index in [1.807, 2.05) is 0 Å². The average molecular weight is 221 g/mol. The van der Waals surface area contributed by atoms with E-state index < -0.39 is 23.4 Å². The number of nitrogens with one attached hydrogen (secondary N) is 1. The molecule has 0 bridgehead atoms. The van der Waals surface area contributed by atoms with Crippen molar-refractivity contribution in [3.05, 3.63) is 12.7 Å². The third-order valence-electron chi connectivity index (χ3n) is 1.38. The van der Waals surface area contributed by atoms with Crippen LogP contribution >= 0.6 is 0 Å². The average Bonchev–Trinajstić information content (AvgIpc) is 2.03. The van der Waals surface area contributed by atoms with Gasteiger partial charge in [-0.1, -0.05) is 6.58 Å². The number of amides is 1. The topological polar surface area (TPSA) is 182 Å². The molecule has 8 heteroatoms. The van der Waals surface area contributed by atoms with E-state index in [-0.39, 0.29) is 12.3 Å². The van der Waals surface area contributed by atoms with Gasteiger partial charge < -0.3 is 37.4 Å². The molecule has 0 aliphatic heterocycles. The number of carboxylic acid groups (broad SMARTS) is 2. The zero-order valence-corrected chi connectivity index (χ0v) is 8.83. The molecule has 0 aliphatic carbocycles. The summed E-state index contributed by atoms with van der Waals surface area (Å²) in [6.45, 7) is 3.77. The van der Waals surface area contributed by atoms with Crippen LogP contribution in [-0.2, 0) is 14.4 Å². The normalized spacial score (nSPS) is 8.87. The van der Waals surface area contributed by atoms with Crippen LogP contribution in [0.3, 0.4) is 0 Å². The fourth-order valence-electron chi connectivity index (χ4n) is 0.483. The fraction of sp³-hybridized carbons (Fsp3) is 0.286. The highest BCUT2D eigenvalue weighted by Crippen LogP contribution is 2.00. The molecule has 0 unspecified atom stereocenters. The highest BCUT2D eigenvalue weighted by Gasteiger charge is 2.28. The number of carboxylic acids is 2. The molecule has 8 nitrogen and oxygen atoms in total. The van der Waals surface area contributed by atoms with Crippen molar-refractivity contribution in [2.75, 3.05) is 0 Å². The van der Waals surface area contributed by atoms with Gasteiger partial charge in [0.15, 0.2) is 0 Å². The maximum atomic E-state index is 10.6. The maximum absolute atomic E-state index is 10.6. The molecule has 0 aromatic heterocycles. The van der Waals surface area contributed by atoms with Crippen molar-refractivity contribution in [3.8, 4) is 0 Å². The Kier molecular flexibility index (Phi) is 8.15. The first-order valence-electron chi connectivity index (χ1n) is 3.22. The van der Waals surface area contributed by atoms with Gasteiger partial charge in [0.1, 0.15) is 5.54 Å². The molecule has 0 spiro atoms. The van der Waals surface area contributed by atoms with Crippen molar-refractivity contribution < 1.29 is 24.6 Å². The van der Waals surface area contributed by atoms with Gasteiger partial charge in [0.25, 0.3) is 0 Å². The van der Waals surface area contributed by atoms with Gasteiger partial charge in [0, 0.05) is 0 Å². The summed E-state index contributed by atoms with van der Waals surface area (Å²) in [7, 11) is 0. The molecule has 9 N–H and O–H groups in total. The van der Waals surface area contributed by atoms with Crippen molar-refractivity contribution in [2.45, 2.75) is 12.5 Å². The Labute approximate surface area is 86.1 Å². The lowest BCUT2D eigenvalue weighted by atomic mass is 10.0. The van der Waals surface area contributed by atoms with Crippen molar-refractivity contribution in [1.29, 1.82) is 0 Å². The lowest BCUT2D eigenvalue weighted by molar-refractivity contribution is -0.334. The van der Waals surface area contributed by atoms with Crippen LogP contribution in [0.4, 0.5) is 0 Å². The van der Waals surface area contributed by atoms with Crippen LogP contribution in [0.1, 0.15) is 6.92 Å². The van der Waals surface area contributed by atoms with E-state index in [1.165, 1.54) is 0 Å². The third-order valence-corrected chi connectivity index (χ3v) is 1.38. The van der Waals surface area contributed by atoms with E-state index >= 15 is 0 Å². The quantitative estimate of drug-likeness (QED) is 0.344. The second kappa shape index (κ2) is 6.51. The molecular weight excluding hydrogens is 206 g/mol. The largest absolute Gasteiger partial charge is 0.547 e. The van der Waals surface area contributed by atoms with Gasteiger partial charge in [0.2, 0.25) is 5.91 Å². The van der Waals surface area contributed by atoms with Gasteiger partial charge in [-0.2, -0.15) is 0 Å². The molecule has 1 amide bonds. The molecule has 0 fully saturated rings. The molecule has 0 aromatic carbocycles. The number of carbonyl (C=O) groups excluding carboxylic acids is 3. The summed E-state index contributed by atoms with van der Waals surface area (Å²) in [5, 5.41) is 22.3. The van der Waals surface area contributed by atoms with Crippen LogP contribution in [0.5, 0.6) is 0 Å². The van der Waals surface area contributed by atoms with Crippen LogP contribution < -0.4 is 27.8 Å². The molecule has 0 saturated carbocycles. The van der Waals surface area contributed by atoms with Gasteiger partial charge in [-0.3, -0.25) is 4.79 Å². The standard InChI is InChI=1S/C7H9NO5.2H3N/c1-3-4(9)8-7(2,5(10)11)6(12)13;;/h3H,1H2,2H3,(H,8,9)(H,10,11)(H,12,13);2*1H3. The summed E-state index contributed by atoms with van der Waals surface area (Å²) in [4.78, 5) is 31.3. The number of aliphatic carboxylic acids is 2. The molecule has 0 heterocycles. The van der Waals surface area contributed by atoms with Crippen molar-refractivity contribution >= 4 is 17.8 Å². The predicted octanol–water partition coefficient (Wildman–Crippen LogP) is -2.70. The molecule has 0 aliphatic rings. The molecule has 0 saturated heterocycles. The molecule has 0 atom stereocenters. The minimum absolute atomic E-state index is 0. The van der Waals surface area contributed by atoms with Gasteiger partial charge in [-0.25, -0.2) is 0 Å². The Morgan fingerprint density at radius 2 is 1.53 bits per heavy atom. The Hall–Kier alpha value is -1.93. The van der Waals surface area contributed by atoms with Crippen LogP contribution in [0.15, 0.2) is 12.7 Å². The summed E-state index contributed by atoms with van der Waals surface area (Å²) in [6.07, 6.45) is 0.740. The summed E-state index contributed by atoms with van der Waals surface area (Å²) in [5.74, 6) is -4.85. The zero-order chi connectivity index (χ0) is 10.6. The molecule has 88 valence electrons. The number of carbonyl (C=O) groups is 3. The highest BCUT2D eigenvalue weighted by molar-refractivity contribution is 6.05. The number of quaternary nitrogens is 2. The smallest absolute Gasteiger partial charge is 0.244 e. The van der Waals surface area contributed by atoms with Gasteiger partial charge in [-0.15, -0.1) is 0 Å². The predicted molar refractivity (Wildman–Crippen MR) is 48.7 cm³/mol. The van der Waals surface area contributed by atoms with Crippen LogP contribution in [0.25, 0.3) is 0 Å². The minimum atomic E-state index is -2.54. The van der Waals surface area contributed by atoms with Crippen molar-refractivity contribution in [1.82, 2.24) is 17.6 Å². The number of hydrogen-bond donors (Lipinski definition) is 3. The van der Waals surface area contributed by atoms with Gasteiger partial charge >= 0.3 is 0 Å². The maximum Gasteiger partial charge on any atom is 0.244 e. The van der Waals surface area contributed by atoms with E-state index in [2.05, 4.69) is 6.58 Å². The van der Waals surface area contributed by atoms with E-state index in [0.717, 1.165) is 13.0 Å². The molecule has 15 heavy (non-hydrogen) atoms. The first-order valence-corrected chi connectivity index (χ1v) is 3.22. The number of hydrogen-bond acceptors (Lipinski definition) is 5. The summed E-state index contributed by atoms with van der Waals surface area (Å²) in [5.41, 5.74) is -2.54. The number of rotatable bonds is 4. The van der Waals surface area contributed by atoms with E-state index in [4.69, 9.17) is 0 Å². The minimum Gasteiger partial charge on any atom is -0.547 e. The second-order valence-corrected chi connectivity index (χ2v) is 2.39. The summed E-state index contributed by atoms with van der Waals surface area (Å²) in [6, 6.07) is 0. The van der Waals surface area contributed by atoms with Crippen molar-refractivity contribution in [2.24, 2.45) is 0 Å². The first kappa shape index (κ1) is 18.8. The van der Waals surface area contributed by atoms with E-state index in [9.17, 15) is 24.6 Å². The lowest BCUT2D eigenvalue weighted by Crippen LogP contribution is -2.66. The van der Waals surface area contributed by atoms with Crippen LogP contribution in [-0.4, -0.2) is 23.4 Å². The first-order chi connectivity index (χ1) is 5.84. The molecule has 0 rings (SSSR count). The Morgan fingerprint density at radius 1 is 1.20 bits per heavy atom. The summed E-state index contributed by atoms with van der Waals surface area (Å²) >= 11 is 0. The van der Waals surface area contributed by atoms with Gasteiger partial charge in [-0.05, 0) is 13.0 Å². The molecule has 0 radical (unpaired) electrons. The SMILES string of the molecule is C=CC(=O)NC(C)(C(=O)[O-])C(=O)[O-].[NH4+].[NH4+]. The summed E-state index contributed by atoms with van der Waals surface area (Å²) < 4.78 is 0. The van der Waals surface area contributed by atoms with E-state index in [1.54, 1.807) is 5.32 Å². The van der Waals surface area contributed by atoms with Crippen LogP contribution in [0, 0.1) is 0 Å². The Bertz CT molecular complexity index is 262. The van der Waals surface area contributed by atoms with Crippen molar-refractivity contribution in [3.63, 3.8) is 0 Å². The Morgan fingerprint density at radius 3 is 1.73 bits per heavy atom. The third kappa shape index (κ3) is 4.20. The van der Waals surface area contributed by atoms with Gasteiger partial charge in [0.05, 0.1) is 11.9 Å². The lowest BCUT2D eigenvalue weighted by Gasteiger charge is -2.31. The second-order valence-electron chi connectivity index (χ2n) is 2.39. The fourth-order valence-corrected chi connectivity index (χ4v) is 0.483. The molecular formula is C7H15N3O5. The van der Waals surface area contributed by atoms with E-state index in [0.29, 0.717) is 0 Å². The molecule has 0 aromatic rings. The monoisotopic (exact) mass is 221 g/mol. The zero-order valence-electron chi connectivity index (χ0n) is 8.83.